The number of carbonyl (C=O) groups excluding carboxylic acids is 1. The first kappa shape index (κ1) is 20.5. The first-order chi connectivity index (χ1) is 13.1. The monoisotopic (exact) mass is 428 g/mol. The van der Waals surface area contributed by atoms with Gasteiger partial charge in [0.25, 0.3) is 0 Å². The van der Waals surface area contributed by atoms with Gasteiger partial charge in [-0.15, -0.1) is 0 Å². The Morgan fingerprint density at radius 1 is 1.07 bits per heavy atom. The normalized spacial score (nSPS) is 10.4. The number of rotatable bonds is 10. The van der Waals surface area contributed by atoms with Crippen LogP contribution in [0.3, 0.4) is 0 Å². The van der Waals surface area contributed by atoms with Crippen molar-refractivity contribution >= 4 is 27.8 Å². The highest BCUT2D eigenvalue weighted by molar-refractivity contribution is 9.10. The molecule has 2 rings (SSSR count). The van der Waals surface area contributed by atoms with Gasteiger partial charge in [0.05, 0.1) is 7.11 Å². The van der Waals surface area contributed by atoms with Crippen molar-refractivity contribution in [3.05, 3.63) is 83.4 Å². The first-order valence-electron chi connectivity index (χ1n) is 8.27. The summed E-state index contributed by atoms with van der Waals surface area (Å²) in [6, 6.07) is 11.0. The maximum atomic E-state index is 12.9. The Balaban J connectivity index is 2.42. The van der Waals surface area contributed by atoms with E-state index < -0.39 is 0 Å². The summed E-state index contributed by atoms with van der Waals surface area (Å²) < 4.78 is 17.5. The predicted molar refractivity (Wildman–Crippen MR) is 112 cm³/mol. The lowest BCUT2D eigenvalue weighted by Gasteiger charge is -2.15. The molecule has 0 unspecified atom stereocenters. The summed E-state index contributed by atoms with van der Waals surface area (Å²) >= 11 is 3.47. The molecule has 2 aromatic rings. The molecular formula is C22H21BrO4. The Kier molecular flexibility index (Phi) is 7.89. The third-order valence-corrected chi connectivity index (χ3v) is 4.27. The van der Waals surface area contributed by atoms with Gasteiger partial charge >= 0.3 is 0 Å². The number of benzene rings is 2. The highest BCUT2D eigenvalue weighted by atomic mass is 79.9. The van der Waals surface area contributed by atoms with Crippen LogP contribution < -0.4 is 14.2 Å². The molecule has 0 atom stereocenters. The summed E-state index contributed by atoms with van der Waals surface area (Å²) in [4.78, 5) is 12.9. The fourth-order valence-corrected chi connectivity index (χ4v) is 2.75. The average Bonchev–Trinajstić information content (AvgIpc) is 2.69. The van der Waals surface area contributed by atoms with Gasteiger partial charge < -0.3 is 14.2 Å². The molecule has 0 saturated carbocycles. The summed E-state index contributed by atoms with van der Waals surface area (Å²) in [7, 11) is 1.50. The van der Waals surface area contributed by atoms with E-state index in [1.165, 1.54) is 13.2 Å². The number of allylic oxidation sites excluding steroid dienone is 1. The summed E-state index contributed by atoms with van der Waals surface area (Å²) in [5, 5.41) is 0. The van der Waals surface area contributed by atoms with Crippen LogP contribution in [0.2, 0.25) is 0 Å². The Morgan fingerprint density at radius 3 is 2.41 bits per heavy atom. The Labute approximate surface area is 167 Å². The quantitative estimate of drug-likeness (QED) is 0.285. The summed E-state index contributed by atoms with van der Waals surface area (Å²) in [6.07, 6.45) is 6.47. The minimum absolute atomic E-state index is 0.239. The average molecular weight is 429 g/mol. The smallest absolute Gasteiger partial charge is 0.193 e. The van der Waals surface area contributed by atoms with Gasteiger partial charge in [0, 0.05) is 16.6 Å². The van der Waals surface area contributed by atoms with E-state index in [9.17, 15) is 4.79 Å². The molecule has 5 heteroatoms. The topological polar surface area (TPSA) is 44.8 Å². The van der Waals surface area contributed by atoms with Crippen LogP contribution >= 0.6 is 15.9 Å². The maximum absolute atomic E-state index is 12.9. The Bertz CT molecular complexity index is 855. The van der Waals surface area contributed by atoms with Gasteiger partial charge in [0.2, 0.25) is 0 Å². The molecular weight excluding hydrogens is 408 g/mol. The van der Waals surface area contributed by atoms with E-state index in [2.05, 4.69) is 29.1 Å². The van der Waals surface area contributed by atoms with Gasteiger partial charge in [-0.05, 0) is 23.8 Å². The van der Waals surface area contributed by atoms with Gasteiger partial charge in [-0.3, -0.25) is 4.79 Å². The fourth-order valence-electron chi connectivity index (χ4n) is 2.33. The zero-order chi connectivity index (χ0) is 19.6. The number of methoxy groups -OCH3 is 1. The molecule has 0 radical (unpaired) electrons. The van der Waals surface area contributed by atoms with E-state index in [-0.39, 0.29) is 12.4 Å². The second-order valence-corrected chi connectivity index (χ2v) is 6.27. The second-order valence-electron chi connectivity index (χ2n) is 5.42. The molecule has 0 aliphatic rings. The molecule has 0 aliphatic carbocycles. The molecule has 0 bridgehead atoms. The first-order valence-corrected chi connectivity index (χ1v) is 9.06. The molecule has 0 fully saturated rings. The molecule has 0 amide bonds. The maximum Gasteiger partial charge on any atom is 0.193 e. The SMILES string of the molecule is C=CCOc1cc(OC)c(C(=O)C=Cc2ccccc2Br)c(OCC=C)c1. The Morgan fingerprint density at radius 2 is 1.74 bits per heavy atom. The third-order valence-electron chi connectivity index (χ3n) is 3.55. The van der Waals surface area contributed by atoms with Crippen molar-refractivity contribution in [3.8, 4) is 17.2 Å². The van der Waals surface area contributed by atoms with Crippen molar-refractivity contribution in [2.45, 2.75) is 0 Å². The Hall–Kier alpha value is -2.79. The molecule has 0 saturated heterocycles. The van der Waals surface area contributed by atoms with Gasteiger partial charge in [0.1, 0.15) is 36.0 Å². The van der Waals surface area contributed by atoms with Crippen molar-refractivity contribution in [2.24, 2.45) is 0 Å². The van der Waals surface area contributed by atoms with Crippen LogP contribution in [0.15, 0.2) is 72.3 Å². The second kappa shape index (κ2) is 10.4. The van der Waals surface area contributed by atoms with Gasteiger partial charge in [-0.2, -0.15) is 0 Å². The largest absolute Gasteiger partial charge is 0.496 e. The minimum Gasteiger partial charge on any atom is -0.496 e. The molecule has 0 aromatic heterocycles. The van der Waals surface area contributed by atoms with E-state index in [4.69, 9.17) is 14.2 Å². The minimum atomic E-state index is -0.239. The lowest BCUT2D eigenvalue weighted by atomic mass is 10.1. The van der Waals surface area contributed by atoms with Crippen LogP contribution in [-0.4, -0.2) is 26.1 Å². The van der Waals surface area contributed by atoms with Crippen molar-refractivity contribution in [3.63, 3.8) is 0 Å². The summed E-state index contributed by atoms with van der Waals surface area (Å²) in [6.45, 7) is 7.86. The highest BCUT2D eigenvalue weighted by Crippen LogP contribution is 2.35. The third kappa shape index (κ3) is 5.59. The van der Waals surface area contributed by atoms with E-state index >= 15 is 0 Å². The predicted octanol–water partition coefficient (Wildman–Crippen LogP) is 5.48. The van der Waals surface area contributed by atoms with Gasteiger partial charge in [0.15, 0.2) is 5.78 Å². The lowest BCUT2D eigenvalue weighted by molar-refractivity contribution is 0.104. The molecule has 0 spiro atoms. The summed E-state index contributed by atoms with van der Waals surface area (Å²) in [5.41, 5.74) is 1.22. The van der Waals surface area contributed by atoms with Crippen molar-refractivity contribution < 1.29 is 19.0 Å². The van der Waals surface area contributed by atoms with Gasteiger partial charge in [-0.25, -0.2) is 0 Å². The van der Waals surface area contributed by atoms with Crippen LogP contribution in [0.5, 0.6) is 17.2 Å². The molecule has 0 heterocycles. The van der Waals surface area contributed by atoms with Crippen LogP contribution in [0.4, 0.5) is 0 Å². The van der Waals surface area contributed by atoms with E-state index in [1.807, 2.05) is 24.3 Å². The van der Waals surface area contributed by atoms with Crippen LogP contribution in [-0.2, 0) is 0 Å². The van der Waals surface area contributed by atoms with E-state index in [0.717, 1.165) is 10.0 Å². The van der Waals surface area contributed by atoms with Crippen LogP contribution in [0.1, 0.15) is 15.9 Å². The van der Waals surface area contributed by atoms with Crippen molar-refractivity contribution in [1.29, 1.82) is 0 Å². The van der Waals surface area contributed by atoms with Crippen LogP contribution in [0, 0.1) is 0 Å². The molecule has 0 N–H and O–H groups in total. The van der Waals surface area contributed by atoms with Gasteiger partial charge in [-0.1, -0.05) is 59.4 Å². The summed E-state index contributed by atoms with van der Waals surface area (Å²) in [5.74, 6) is 1.03. The number of ketones is 1. The number of ether oxygens (including phenoxy) is 3. The van der Waals surface area contributed by atoms with E-state index in [1.54, 1.807) is 30.4 Å². The van der Waals surface area contributed by atoms with Crippen molar-refractivity contribution in [1.82, 2.24) is 0 Å². The molecule has 4 nitrogen and oxygen atoms in total. The lowest BCUT2D eigenvalue weighted by Crippen LogP contribution is -2.06. The molecule has 0 aliphatic heterocycles. The standard InChI is InChI=1S/C22H21BrO4/c1-4-12-26-17-14-20(25-3)22(21(15-17)27-13-5-2)19(24)11-10-16-8-6-7-9-18(16)23/h4-11,14-15H,1-2,12-13H2,3H3. The fraction of sp³-hybridized carbons (Fsp3) is 0.136. The van der Waals surface area contributed by atoms with E-state index in [0.29, 0.717) is 29.4 Å². The molecule has 2 aromatic carbocycles. The molecule has 27 heavy (non-hydrogen) atoms. The number of hydrogen-bond acceptors (Lipinski definition) is 4. The van der Waals surface area contributed by atoms with Crippen LogP contribution in [0.25, 0.3) is 6.08 Å². The molecule has 140 valence electrons. The number of carbonyl (C=O) groups is 1. The number of halogens is 1. The zero-order valence-electron chi connectivity index (χ0n) is 15.1. The number of hydrogen-bond donors (Lipinski definition) is 0. The van der Waals surface area contributed by atoms with Crippen molar-refractivity contribution in [2.75, 3.05) is 20.3 Å². The zero-order valence-corrected chi connectivity index (χ0v) is 16.7. The highest BCUT2D eigenvalue weighted by Gasteiger charge is 2.19.